The van der Waals surface area contributed by atoms with Gasteiger partial charge < -0.3 is 15.2 Å². The number of fused-ring (bicyclic) bond motifs is 1. The normalized spacial score (nSPS) is 22.3. The van der Waals surface area contributed by atoms with Crippen LogP contribution in [0.15, 0.2) is 24.3 Å². The van der Waals surface area contributed by atoms with Crippen molar-refractivity contribution in [1.29, 1.82) is 0 Å². The lowest BCUT2D eigenvalue weighted by atomic mass is 9.95. The Bertz CT molecular complexity index is 663. The summed E-state index contributed by atoms with van der Waals surface area (Å²) < 4.78 is 0. The largest absolute Gasteiger partial charge is 0.343 e. The minimum Gasteiger partial charge on any atom is -0.343 e. The van der Waals surface area contributed by atoms with Gasteiger partial charge in [0.1, 0.15) is 5.82 Å². The van der Waals surface area contributed by atoms with Crippen LogP contribution >= 0.6 is 0 Å². The van der Waals surface area contributed by atoms with Crippen LogP contribution in [0, 0.1) is 5.92 Å². The number of amides is 1. The molecular formula is C19H26N4O. The van der Waals surface area contributed by atoms with E-state index in [9.17, 15) is 4.79 Å². The second kappa shape index (κ2) is 6.93. The van der Waals surface area contributed by atoms with Gasteiger partial charge >= 0.3 is 0 Å². The Morgan fingerprint density at radius 3 is 2.79 bits per heavy atom. The number of carbonyl (C=O) groups excluding carboxylic acids is 1. The lowest BCUT2D eigenvalue weighted by molar-refractivity contribution is -0.132. The van der Waals surface area contributed by atoms with E-state index < -0.39 is 0 Å². The maximum Gasteiger partial charge on any atom is 0.222 e. The summed E-state index contributed by atoms with van der Waals surface area (Å²) in [6.45, 7) is 3.93. The van der Waals surface area contributed by atoms with Crippen LogP contribution in [0.2, 0.25) is 0 Å². The lowest BCUT2D eigenvalue weighted by Crippen LogP contribution is -2.38. The molecule has 2 aromatic rings. The summed E-state index contributed by atoms with van der Waals surface area (Å²) in [6, 6.07) is 8.17. The minimum atomic E-state index is 0.338. The molecule has 5 heteroatoms. The Kier molecular flexibility index (Phi) is 4.52. The highest BCUT2D eigenvalue weighted by Crippen LogP contribution is 2.28. The Labute approximate surface area is 142 Å². The minimum absolute atomic E-state index is 0.338. The number of hydrogen-bond donors (Lipinski definition) is 2. The second-order valence-corrected chi connectivity index (χ2v) is 7.19. The van der Waals surface area contributed by atoms with E-state index in [2.05, 4.69) is 21.3 Å². The van der Waals surface area contributed by atoms with Crippen molar-refractivity contribution >= 4 is 16.9 Å². The SMILES string of the molecule is O=C(CCC1CCNC1)N1CCC(c2nc3ccccc3[nH]2)CC1. The maximum atomic E-state index is 12.4. The van der Waals surface area contributed by atoms with Crippen molar-refractivity contribution in [1.82, 2.24) is 20.2 Å². The highest BCUT2D eigenvalue weighted by molar-refractivity contribution is 5.76. The zero-order chi connectivity index (χ0) is 16.4. The van der Waals surface area contributed by atoms with Crippen molar-refractivity contribution in [3.63, 3.8) is 0 Å². The van der Waals surface area contributed by atoms with Crippen LogP contribution in [0.4, 0.5) is 0 Å². The number of piperidine rings is 1. The summed E-state index contributed by atoms with van der Waals surface area (Å²) in [5.41, 5.74) is 2.15. The molecule has 2 N–H and O–H groups in total. The molecule has 2 saturated heterocycles. The van der Waals surface area contributed by atoms with Crippen molar-refractivity contribution in [3.8, 4) is 0 Å². The number of aromatic amines is 1. The first-order valence-electron chi connectivity index (χ1n) is 9.23. The number of nitrogens with zero attached hydrogens (tertiary/aromatic N) is 2. The summed E-state index contributed by atoms with van der Waals surface area (Å²) in [6.07, 6.45) is 4.99. The lowest BCUT2D eigenvalue weighted by Gasteiger charge is -2.31. The smallest absolute Gasteiger partial charge is 0.222 e. The van der Waals surface area contributed by atoms with Crippen LogP contribution in [-0.4, -0.2) is 47.0 Å². The third-order valence-corrected chi connectivity index (χ3v) is 5.57. The van der Waals surface area contributed by atoms with E-state index in [1.54, 1.807) is 0 Å². The van der Waals surface area contributed by atoms with Crippen LogP contribution in [-0.2, 0) is 4.79 Å². The summed E-state index contributed by atoms with van der Waals surface area (Å²) in [5, 5.41) is 3.38. The highest BCUT2D eigenvalue weighted by atomic mass is 16.2. The first-order chi connectivity index (χ1) is 11.8. The first kappa shape index (κ1) is 15.6. The van der Waals surface area contributed by atoms with E-state index in [-0.39, 0.29) is 0 Å². The molecule has 1 aromatic carbocycles. The fourth-order valence-corrected chi connectivity index (χ4v) is 4.01. The molecule has 0 spiro atoms. The van der Waals surface area contributed by atoms with Crippen molar-refractivity contribution in [3.05, 3.63) is 30.1 Å². The Balaban J connectivity index is 1.30. The van der Waals surface area contributed by atoms with E-state index in [0.717, 1.165) is 62.3 Å². The molecule has 0 saturated carbocycles. The van der Waals surface area contributed by atoms with Gasteiger partial charge in [-0.05, 0) is 56.8 Å². The Morgan fingerprint density at radius 1 is 1.21 bits per heavy atom. The maximum absolute atomic E-state index is 12.4. The molecular weight excluding hydrogens is 300 g/mol. The van der Waals surface area contributed by atoms with Crippen molar-refractivity contribution in [2.24, 2.45) is 5.92 Å². The average molecular weight is 326 g/mol. The molecule has 0 bridgehead atoms. The first-order valence-corrected chi connectivity index (χ1v) is 9.23. The number of aromatic nitrogens is 2. The van der Waals surface area contributed by atoms with Crippen molar-refractivity contribution < 1.29 is 4.79 Å². The van der Waals surface area contributed by atoms with Crippen LogP contribution in [0.3, 0.4) is 0 Å². The van der Waals surface area contributed by atoms with E-state index in [4.69, 9.17) is 4.98 Å². The molecule has 2 aliphatic heterocycles. The number of imidazole rings is 1. The van der Waals surface area contributed by atoms with Gasteiger partial charge in [0, 0.05) is 25.4 Å². The predicted octanol–water partition coefficient (Wildman–Crippen LogP) is 2.66. The van der Waals surface area contributed by atoms with Gasteiger partial charge in [0.2, 0.25) is 5.91 Å². The molecule has 128 valence electrons. The standard InChI is InChI=1S/C19H26N4O/c24-18(6-5-14-7-10-20-13-14)23-11-8-15(9-12-23)19-21-16-3-1-2-4-17(16)22-19/h1-4,14-15,20H,5-13H2,(H,21,22). The summed E-state index contributed by atoms with van der Waals surface area (Å²) in [4.78, 5) is 22.7. The van der Waals surface area contributed by atoms with E-state index >= 15 is 0 Å². The molecule has 1 amide bonds. The number of likely N-dealkylation sites (tertiary alicyclic amines) is 1. The predicted molar refractivity (Wildman–Crippen MR) is 94.9 cm³/mol. The highest BCUT2D eigenvalue weighted by Gasteiger charge is 2.26. The molecule has 1 atom stereocenters. The number of nitrogens with one attached hydrogen (secondary N) is 2. The second-order valence-electron chi connectivity index (χ2n) is 7.19. The van der Waals surface area contributed by atoms with Gasteiger partial charge in [0.15, 0.2) is 0 Å². The molecule has 2 fully saturated rings. The molecule has 4 rings (SSSR count). The van der Waals surface area contributed by atoms with Crippen molar-refractivity contribution in [2.75, 3.05) is 26.2 Å². The van der Waals surface area contributed by atoms with Crippen LogP contribution in [0.1, 0.15) is 43.8 Å². The fraction of sp³-hybridized carbons (Fsp3) is 0.579. The quantitative estimate of drug-likeness (QED) is 0.908. The van der Waals surface area contributed by atoms with Gasteiger partial charge in [-0.3, -0.25) is 4.79 Å². The monoisotopic (exact) mass is 326 g/mol. The Morgan fingerprint density at radius 2 is 2.04 bits per heavy atom. The van der Waals surface area contributed by atoms with Crippen LogP contribution < -0.4 is 5.32 Å². The van der Waals surface area contributed by atoms with Gasteiger partial charge in [-0.2, -0.15) is 0 Å². The molecule has 5 nitrogen and oxygen atoms in total. The van der Waals surface area contributed by atoms with E-state index in [0.29, 0.717) is 24.2 Å². The molecule has 1 unspecified atom stereocenters. The third kappa shape index (κ3) is 3.31. The average Bonchev–Trinajstić information content (AvgIpc) is 3.29. The van der Waals surface area contributed by atoms with Crippen LogP contribution in [0.25, 0.3) is 11.0 Å². The van der Waals surface area contributed by atoms with Crippen LogP contribution in [0.5, 0.6) is 0 Å². The number of carbonyl (C=O) groups is 1. The number of para-hydroxylation sites is 2. The fourth-order valence-electron chi connectivity index (χ4n) is 4.01. The number of hydrogen-bond acceptors (Lipinski definition) is 3. The van der Waals surface area contributed by atoms with Gasteiger partial charge in [-0.1, -0.05) is 12.1 Å². The van der Waals surface area contributed by atoms with E-state index in [1.807, 2.05) is 18.2 Å². The van der Waals surface area contributed by atoms with Crippen molar-refractivity contribution in [2.45, 2.75) is 38.0 Å². The number of rotatable bonds is 4. The molecule has 2 aliphatic rings. The van der Waals surface area contributed by atoms with Gasteiger partial charge in [0.25, 0.3) is 0 Å². The molecule has 3 heterocycles. The third-order valence-electron chi connectivity index (χ3n) is 5.57. The summed E-state index contributed by atoms with van der Waals surface area (Å²) in [7, 11) is 0. The van der Waals surface area contributed by atoms with E-state index in [1.165, 1.54) is 6.42 Å². The van der Waals surface area contributed by atoms with Gasteiger partial charge in [-0.15, -0.1) is 0 Å². The number of benzene rings is 1. The molecule has 0 aliphatic carbocycles. The molecule has 24 heavy (non-hydrogen) atoms. The molecule has 1 aromatic heterocycles. The zero-order valence-corrected chi connectivity index (χ0v) is 14.1. The topological polar surface area (TPSA) is 61.0 Å². The summed E-state index contributed by atoms with van der Waals surface area (Å²) >= 11 is 0. The van der Waals surface area contributed by atoms with Gasteiger partial charge in [0.05, 0.1) is 11.0 Å². The zero-order valence-electron chi connectivity index (χ0n) is 14.1. The molecule has 0 radical (unpaired) electrons. The Hall–Kier alpha value is -1.88. The van der Waals surface area contributed by atoms with Gasteiger partial charge in [-0.25, -0.2) is 4.98 Å². The summed E-state index contributed by atoms with van der Waals surface area (Å²) in [5.74, 6) is 2.56. The number of H-pyrrole nitrogens is 1.